The number of morpholine rings is 1. The van der Waals surface area contributed by atoms with Gasteiger partial charge >= 0.3 is 0 Å². The van der Waals surface area contributed by atoms with E-state index in [4.69, 9.17) is 4.74 Å². The molecule has 0 N–H and O–H groups in total. The second-order valence-corrected chi connectivity index (χ2v) is 5.16. The molecule has 2 rings (SSSR count). The van der Waals surface area contributed by atoms with Gasteiger partial charge in [0.1, 0.15) is 0 Å². The van der Waals surface area contributed by atoms with Crippen LogP contribution in [0.5, 0.6) is 0 Å². The van der Waals surface area contributed by atoms with Crippen LogP contribution in [0.1, 0.15) is 37.0 Å². The van der Waals surface area contributed by atoms with Crippen molar-refractivity contribution in [2.24, 2.45) is 0 Å². The van der Waals surface area contributed by atoms with Gasteiger partial charge in [0.05, 0.1) is 18.8 Å². The van der Waals surface area contributed by atoms with Gasteiger partial charge in [0.25, 0.3) is 5.91 Å². The first-order valence-electron chi connectivity index (χ1n) is 7.70. The molecule has 1 saturated heterocycles. The Labute approximate surface area is 126 Å². The Morgan fingerprint density at radius 3 is 2.29 bits per heavy atom. The molecule has 0 bridgehead atoms. The highest BCUT2D eigenvalue weighted by Gasteiger charge is 2.17. The zero-order chi connectivity index (χ0) is 15.1. The Morgan fingerprint density at radius 1 is 1.19 bits per heavy atom. The van der Waals surface area contributed by atoms with Gasteiger partial charge in [0, 0.05) is 38.6 Å². The number of nitrogens with zero attached hydrogens (tertiary/aromatic N) is 4. The molecule has 0 radical (unpaired) electrons. The van der Waals surface area contributed by atoms with Crippen LogP contribution in [0.3, 0.4) is 0 Å². The van der Waals surface area contributed by atoms with Gasteiger partial charge < -0.3 is 14.5 Å². The van der Waals surface area contributed by atoms with E-state index in [1.165, 1.54) is 0 Å². The number of rotatable bonds is 6. The van der Waals surface area contributed by atoms with Crippen LogP contribution in [0.2, 0.25) is 0 Å². The molecule has 2 heterocycles. The Balaban J connectivity index is 2.04. The maximum Gasteiger partial charge on any atom is 0.256 e. The van der Waals surface area contributed by atoms with Crippen LogP contribution in [0, 0.1) is 0 Å². The lowest BCUT2D eigenvalue weighted by Crippen LogP contribution is -2.37. The minimum absolute atomic E-state index is 0.0206. The third kappa shape index (κ3) is 4.14. The number of carbonyl (C=O) groups is 1. The van der Waals surface area contributed by atoms with E-state index >= 15 is 0 Å². The molecule has 6 heteroatoms. The molecule has 0 atom stereocenters. The van der Waals surface area contributed by atoms with E-state index in [2.05, 4.69) is 28.7 Å². The largest absolute Gasteiger partial charge is 0.378 e. The van der Waals surface area contributed by atoms with Gasteiger partial charge in [-0.2, -0.15) is 0 Å². The van der Waals surface area contributed by atoms with Gasteiger partial charge in [-0.15, -0.1) is 0 Å². The SMILES string of the molecule is CCCN(CCC)C(=O)c1cnc(N2CCOCC2)nc1. The van der Waals surface area contributed by atoms with Crippen LogP contribution < -0.4 is 4.90 Å². The van der Waals surface area contributed by atoms with Gasteiger partial charge in [-0.05, 0) is 12.8 Å². The minimum atomic E-state index is 0.0206. The molecule has 0 saturated carbocycles. The lowest BCUT2D eigenvalue weighted by Gasteiger charge is -2.26. The molecule has 0 spiro atoms. The summed E-state index contributed by atoms with van der Waals surface area (Å²) in [5.74, 6) is 0.694. The zero-order valence-electron chi connectivity index (χ0n) is 12.9. The topological polar surface area (TPSA) is 58.6 Å². The van der Waals surface area contributed by atoms with Gasteiger partial charge in [-0.3, -0.25) is 4.79 Å². The van der Waals surface area contributed by atoms with Crippen LogP contribution in [0.15, 0.2) is 12.4 Å². The average molecular weight is 292 g/mol. The van der Waals surface area contributed by atoms with E-state index < -0.39 is 0 Å². The van der Waals surface area contributed by atoms with Crippen LogP contribution in [-0.2, 0) is 4.74 Å². The van der Waals surface area contributed by atoms with Gasteiger partial charge in [0.15, 0.2) is 0 Å². The van der Waals surface area contributed by atoms with Gasteiger partial charge in [-0.25, -0.2) is 9.97 Å². The molecule has 1 aromatic heterocycles. The smallest absolute Gasteiger partial charge is 0.256 e. The summed E-state index contributed by atoms with van der Waals surface area (Å²) in [6, 6.07) is 0. The molecule has 0 unspecified atom stereocenters. The van der Waals surface area contributed by atoms with Crippen molar-refractivity contribution < 1.29 is 9.53 Å². The summed E-state index contributed by atoms with van der Waals surface area (Å²) in [5, 5.41) is 0. The van der Waals surface area contributed by atoms with E-state index in [1.807, 2.05) is 4.90 Å². The third-order valence-corrected chi connectivity index (χ3v) is 3.45. The zero-order valence-corrected chi connectivity index (χ0v) is 12.9. The molecule has 1 aromatic rings. The second kappa shape index (κ2) is 7.93. The highest BCUT2D eigenvalue weighted by molar-refractivity contribution is 5.93. The van der Waals surface area contributed by atoms with E-state index in [0.717, 1.165) is 39.0 Å². The van der Waals surface area contributed by atoms with Crippen molar-refractivity contribution in [3.8, 4) is 0 Å². The molecule has 1 aliphatic rings. The highest BCUT2D eigenvalue weighted by atomic mass is 16.5. The minimum Gasteiger partial charge on any atom is -0.378 e. The molecule has 1 fully saturated rings. The van der Waals surface area contributed by atoms with Crippen LogP contribution in [0.25, 0.3) is 0 Å². The molecule has 116 valence electrons. The Hall–Kier alpha value is -1.69. The van der Waals surface area contributed by atoms with E-state index in [9.17, 15) is 4.79 Å². The summed E-state index contributed by atoms with van der Waals surface area (Å²) >= 11 is 0. The lowest BCUT2D eigenvalue weighted by molar-refractivity contribution is 0.0754. The first-order valence-corrected chi connectivity index (χ1v) is 7.70. The molecular weight excluding hydrogens is 268 g/mol. The second-order valence-electron chi connectivity index (χ2n) is 5.16. The standard InChI is InChI=1S/C15H24N4O2/c1-3-5-18(6-4-2)14(20)13-11-16-15(17-12-13)19-7-9-21-10-8-19/h11-12H,3-10H2,1-2H3. The third-order valence-electron chi connectivity index (χ3n) is 3.45. The fraction of sp³-hybridized carbons (Fsp3) is 0.667. The number of aromatic nitrogens is 2. The summed E-state index contributed by atoms with van der Waals surface area (Å²) in [5.41, 5.74) is 0.564. The number of hydrogen-bond donors (Lipinski definition) is 0. The molecule has 1 amide bonds. The molecule has 21 heavy (non-hydrogen) atoms. The number of ether oxygens (including phenoxy) is 1. The monoisotopic (exact) mass is 292 g/mol. The van der Waals surface area contributed by atoms with Crippen molar-refractivity contribution in [2.75, 3.05) is 44.3 Å². The predicted octanol–water partition coefficient (Wildman–Crippen LogP) is 1.58. The average Bonchev–Trinajstić information content (AvgIpc) is 2.55. The quantitative estimate of drug-likeness (QED) is 0.796. The van der Waals surface area contributed by atoms with Crippen molar-refractivity contribution in [1.82, 2.24) is 14.9 Å². The van der Waals surface area contributed by atoms with E-state index in [0.29, 0.717) is 24.7 Å². The summed E-state index contributed by atoms with van der Waals surface area (Å²) in [7, 11) is 0. The van der Waals surface area contributed by atoms with Gasteiger partial charge in [-0.1, -0.05) is 13.8 Å². The summed E-state index contributed by atoms with van der Waals surface area (Å²) in [6.45, 7) is 8.70. The first-order chi connectivity index (χ1) is 10.3. The highest BCUT2D eigenvalue weighted by Crippen LogP contribution is 2.11. The molecule has 6 nitrogen and oxygen atoms in total. The molecular formula is C15H24N4O2. The maximum absolute atomic E-state index is 12.4. The summed E-state index contributed by atoms with van der Waals surface area (Å²) in [6.07, 6.45) is 5.19. The normalized spacial score (nSPS) is 15.0. The Kier molecular flexibility index (Phi) is 5.92. The molecule has 0 aromatic carbocycles. The number of hydrogen-bond acceptors (Lipinski definition) is 5. The maximum atomic E-state index is 12.4. The summed E-state index contributed by atoms with van der Waals surface area (Å²) < 4.78 is 5.31. The fourth-order valence-electron chi connectivity index (χ4n) is 2.40. The van der Waals surface area contributed by atoms with Crippen molar-refractivity contribution in [1.29, 1.82) is 0 Å². The Bertz CT molecular complexity index is 437. The molecule has 1 aliphatic heterocycles. The van der Waals surface area contributed by atoms with Crippen LogP contribution >= 0.6 is 0 Å². The van der Waals surface area contributed by atoms with Crippen molar-refractivity contribution in [3.63, 3.8) is 0 Å². The van der Waals surface area contributed by atoms with Crippen molar-refractivity contribution in [3.05, 3.63) is 18.0 Å². The van der Waals surface area contributed by atoms with Crippen LogP contribution in [-0.4, -0.2) is 60.2 Å². The van der Waals surface area contributed by atoms with E-state index in [1.54, 1.807) is 12.4 Å². The van der Waals surface area contributed by atoms with Gasteiger partial charge in [0.2, 0.25) is 5.95 Å². The Morgan fingerprint density at radius 2 is 1.76 bits per heavy atom. The first kappa shape index (κ1) is 15.7. The number of carbonyl (C=O) groups excluding carboxylic acids is 1. The van der Waals surface area contributed by atoms with Crippen molar-refractivity contribution in [2.45, 2.75) is 26.7 Å². The van der Waals surface area contributed by atoms with Crippen LogP contribution in [0.4, 0.5) is 5.95 Å². The summed E-state index contributed by atoms with van der Waals surface area (Å²) in [4.78, 5) is 25.0. The number of amides is 1. The fourth-order valence-corrected chi connectivity index (χ4v) is 2.40. The van der Waals surface area contributed by atoms with Crippen molar-refractivity contribution >= 4 is 11.9 Å². The predicted molar refractivity (Wildman–Crippen MR) is 81.5 cm³/mol. The lowest BCUT2D eigenvalue weighted by atomic mass is 10.2. The molecule has 0 aliphatic carbocycles. The number of anilines is 1. The van der Waals surface area contributed by atoms with E-state index in [-0.39, 0.29) is 5.91 Å².